The fraction of sp³-hybridized carbons (Fsp3) is 0.333. The third-order valence-corrected chi connectivity index (χ3v) is 3.27. The van der Waals surface area contributed by atoms with Crippen molar-refractivity contribution in [2.45, 2.75) is 19.9 Å². The summed E-state index contributed by atoms with van der Waals surface area (Å²) in [7, 11) is 0. The number of hydrogen-bond donors (Lipinski definition) is 2. The lowest BCUT2D eigenvalue weighted by molar-refractivity contribution is 0.0943. The molecule has 0 radical (unpaired) electrons. The van der Waals surface area contributed by atoms with Gasteiger partial charge < -0.3 is 15.5 Å². The number of amides is 1. The van der Waals surface area contributed by atoms with Crippen LogP contribution < -0.4 is 11.1 Å². The monoisotopic (exact) mass is 265 g/mol. The van der Waals surface area contributed by atoms with Gasteiger partial charge in [-0.2, -0.15) is 0 Å². The van der Waals surface area contributed by atoms with Crippen LogP contribution in [0.2, 0.25) is 0 Å². The quantitative estimate of drug-likeness (QED) is 0.858. The molecule has 2 rings (SSSR count). The molecule has 0 bridgehead atoms. The van der Waals surface area contributed by atoms with E-state index in [9.17, 15) is 4.79 Å². The highest BCUT2D eigenvalue weighted by Crippen LogP contribution is 2.10. The molecule has 0 unspecified atom stereocenters. The second kappa shape index (κ2) is 5.79. The molecule has 0 saturated carbocycles. The lowest BCUT2D eigenvalue weighted by atomic mass is 10.4. The van der Waals surface area contributed by atoms with E-state index in [0.717, 1.165) is 16.5 Å². The normalized spacial score (nSPS) is 10.6. The predicted octanol–water partition coefficient (Wildman–Crippen LogP) is 1.48. The number of rotatable bonds is 5. The van der Waals surface area contributed by atoms with Crippen LogP contribution in [0.25, 0.3) is 0 Å². The number of aryl methyl sites for hydroxylation is 1. The maximum atomic E-state index is 11.8. The summed E-state index contributed by atoms with van der Waals surface area (Å²) in [4.78, 5) is 16.0. The summed E-state index contributed by atoms with van der Waals surface area (Å²) >= 11 is 1.45. The van der Waals surface area contributed by atoms with E-state index in [-0.39, 0.29) is 5.91 Å². The Labute approximate surface area is 109 Å². The summed E-state index contributed by atoms with van der Waals surface area (Å²) in [5.41, 5.74) is 5.87. The second-order valence-electron chi connectivity index (χ2n) is 3.86. The second-order valence-corrected chi connectivity index (χ2v) is 4.80. The van der Waals surface area contributed by atoms with Crippen molar-refractivity contribution in [3.05, 3.63) is 39.7 Å². The fourth-order valence-corrected chi connectivity index (χ4v) is 2.29. The molecule has 0 aliphatic rings. The van der Waals surface area contributed by atoms with Gasteiger partial charge in [0.1, 0.15) is 17.2 Å². The number of nitrogens with zero attached hydrogens (tertiary/aromatic N) is 1. The van der Waals surface area contributed by atoms with E-state index in [4.69, 9.17) is 10.2 Å². The summed E-state index contributed by atoms with van der Waals surface area (Å²) in [6.07, 6.45) is 0.704. The molecule has 18 heavy (non-hydrogen) atoms. The van der Waals surface area contributed by atoms with Crippen molar-refractivity contribution in [1.29, 1.82) is 0 Å². The maximum absolute atomic E-state index is 11.8. The maximum Gasteiger partial charge on any atom is 0.271 e. The average molecular weight is 265 g/mol. The molecule has 0 aromatic carbocycles. The first-order chi connectivity index (χ1) is 8.69. The van der Waals surface area contributed by atoms with Crippen molar-refractivity contribution in [3.63, 3.8) is 0 Å². The van der Waals surface area contributed by atoms with Crippen molar-refractivity contribution in [1.82, 2.24) is 10.3 Å². The molecule has 0 aliphatic carbocycles. The summed E-state index contributed by atoms with van der Waals surface area (Å²) in [5, 5.41) is 5.39. The molecule has 0 spiro atoms. The molecule has 6 heteroatoms. The third-order valence-electron chi connectivity index (χ3n) is 2.36. The number of thiazole rings is 1. The molecule has 0 saturated heterocycles. The summed E-state index contributed by atoms with van der Waals surface area (Å²) in [6.45, 7) is 2.78. The molecule has 3 N–H and O–H groups in total. The Morgan fingerprint density at radius 2 is 2.39 bits per heavy atom. The number of carbonyl (C=O) groups excluding carboxylic acids is 1. The van der Waals surface area contributed by atoms with Gasteiger partial charge in [-0.3, -0.25) is 4.79 Å². The van der Waals surface area contributed by atoms with E-state index in [1.54, 1.807) is 5.38 Å². The van der Waals surface area contributed by atoms with Gasteiger partial charge in [0.25, 0.3) is 5.91 Å². The van der Waals surface area contributed by atoms with Crippen LogP contribution in [0.4, 0.5) is 0 Å². The molecule has 0 fully saturated rings. The highest BCUT2D eigenvalue weighted by Gasteiger charge is 2.10. The Kier molecular flexibility index (Phi) is 4.11. The summed E-state index contributed by atoms with van der Waals surface area (Å²) in [6, 6.07) is 3.71. The Balaban J connectivity index is 1.90. The van der Waals surface area contributed by atoms with Gasteiger partial charge in [-0.15, -0.1) is 11.3 Å². The van der Waals surface area contributed by atoms with E-state index in [1.807, 2.05) is 19.1 Å². The van der Waals surface area contributed by atoms with Crippen molar-refractivity contribution in [2.75, 3.05) is 6.54 Å². The van der Waals surface area contributed by atoms with Crippen LogP contribution in [0.3, 0.4) is 0 Å². The molecular weight excluding hydrogens is 250 g/mol. The minimum absolute atomic E-state index is 0.191. The largest absolute Gasteiger partial charge is 0.465 e. The SMILES string of the molecule is Cc1ccc(CNC(=O)c2csc(CCN)n2)o1. The highest BCUT2D eigenvalue weighted by molar-refractivity contribution is 7.09. The molecule has 5 nitrogen and oxygen atoms in total. The van der Waals surface area contributed by atoms with Crippen LogP contribution >= 0.6 is 11.3 Å². The average Bonchev–Trinajstić information content (AvgIpc) is 2.96. The standard InChI is InChI=1S/C12H15N3O2S/c1-8-2-3-9(17-8)6-14-12(16)10-7-18-11(15-10)4-5-13/h2-3,7H,4-6,13H2,1H3,(H,14,16). The van der Waals surface area contributed by atoms with Crippen LogP contribution in [0.1, 0.15) is 27.0 Å². The molecule has 0 atom stereocenters. The Bertz CT molecular complexity index is 533. The smallest absolute Gasteiger partial charge is 0.271 e. The molecular formula is C12H15N3O2S. The first-order valence-electron chi connectivity index (χ1n) is 5.67. The van der Waals surface area contributed by atoms with Crippen LogP contribution in [-0.4, -0.2) is 17.4 Å². The number of nitrogens with two attached hydrogens (primary N) is 1. The van der Waals surface area contributed by atoms with Crippen LogP contribution in [0, 0.1) is 6.92 Å². The van der Waals surface area contributed by atoms with Gasteiger partial charge in [-0.05, 0) is 25.6 Å². The van der Waals surface area contributed by atoms with Crippen LogP contribution in [0.15, 0.2) is 21.9 Å². The van der Waals surface area contributed by atoms with E-state index in [1.165, 1.54) is 11.3 Å². The van der Waals surface area contributed by atoms with Crippen molar-refractivity contribution < 1.29 is 9.21 Å². The number of furan rings is 1. The Morgan fingerprint density at radius 3 is 3.06 bits per heavy atom. The number of nitrogens with one attached hydrogen (secondary N) is 1. The molecule has 1 amide bonds. The minimum atomic E-state index is -0.191. The fourth-order valence-electron chi connectivity index (χ4n) is 1.49. The zero-order valence-corrected chi connectivity index (χ0v) is 10.9. The number of aromatic nitrogens is 1. The molecule has 2 aromatic rings. The van der Waals surface area contributed by atoms with Crippen molar-refractivity contribution in [3.8, 4) is 0 Å². The Hall–Kier alpha value is -1.66. The molecule has 2 heterocycles. The molecule has 96 valence electrons. The summed E-state index contributed by atoms with van der Waals surface area (Å²) < 4.78 is 5.36. The van der Waals surface area contributed by atoms with Crippen molar-refractivity contribution >= 4 is 17.2 Å². The van der Waals surface area contributed by atoms with E-state index < -0.39 is 0 Å². The number of carbonyl (C=O) groups is 1. The van der Waals surface area contributed by atoms with Gasteiger partial charge in [0.2, 0.25) is 0 Å². The lowest BCUT2D eigenvalue weighted by Crippen LogP contribution is -2.22. The first-order valence-corrected chi connectivity index (χ1v) is 6.55. The minimum Gasteiger partial charge on any atom is -0.465 e. The van der Waals surface area contributed by atoms with Gasteiger partial charge in [0, 0.05) is 11.8 Å². The van der Waals surface area contributed by atoms with Crippen LogP contribution in [-0.2, 0) is 13.0 Å². The summed E-state index contributed by atoms with van der Waals surface area (Å²) in [5.74, 6) is 1.37. The van der Waals surface area contributed by atoms with Gasteiger partial charge in [-0.25, -0.2) is 4.98 Å². The number of hydrogen-bond acceptors (Lipinski definition) is 5. The Morgan fingerprint density at radius 1 is 1.56 bits per heavy atom. The van der Waals surface area contributed by atoms with Crippen molar-refractivity contribution in [2.24, 2.45) is 5.73 Å². The van der Waals surface area contributed by atoms with Gasteiger partial charge in [0.15, 0.2) is 0 Å². The highest BCUT2D eigenvalue weighted by atomic mass is 32.1. The van der Waals surface area contributed by atoms with Gasteiger partial charge >= 0.3 is 0 Å². The lowest BCUT2D eigenvalue weighted by Gasteiger charge is -2.00. The van der Waals surface area contributed by atoms with Crippen LogP contribution in [0.5, 0.6) is 0 Å². The third kappa shape index (κ3) is 3.18. The first kappa shape index (κ1) is 12.8. The zero-order chi connectivity index (χ0) is 13.0. The zero-order valence-electron chi connectivity index (χ0n) is 10.1. The topological polar surface area (TPSA) is 81.2 Å². The van der Waals surface area contributed by atoms with E-state index >= 15 is 0 Å². The van der Waals surface area contributed by atoms with Gasteiger partial charge in [0.05, 0.1) is 11.6 Å². The van der Waals surface area contributed by atoms with E-state index in [2.05, 4.69) is 10.3 Å². The predicted molar refractivity (Wildman–Crippen MR) is 69.5 cm³/mol. The molecule has 2 aromatic heterocycles. The van der Waals surface area contributed by atoms with Gasteiger partial charge in [-0.1, -0.05) is 0 Å². The van der Waals surface area contributed by atoms with E-state index in [0.29, 0.717) is 25.2 Å². The molecule has 0 aliphatic heterocycles.